The zero-order valence-corrected chi connectivity index (χ0v) is 14.8. The summed E-state index contributed by atoms with van der Waals surface area (Å²) in [6.07, 6.45) is 5.87. The van der Waals surface area contributed by atoms with Gasteiger partial charge in [0.1, 0.15) is 6.54 Å². The smallest absolute Gasteiger partial charge is 0.191 e. The van der Waals surface area contributed by atoms with Crippen LogP contribution in [0, 0.1) is 0 Å². The molecule has 0 aromatic carbocycles. The van der Waals surface area contributed by atoms with Gasteiger partial charge in [-0.25, -0.2) is 4.99 Å². The predicted molar refractivity (Wildman–Crippen MR) is 94.9 cm³/mol. The minimum absolute atomic E-state index is 0.465. The molecule has 0 unspecified atom stereocenters. The summed E-state index contributed by atoms with van der Waals surface area (Å²) in [5, 5.41) is 14.9. The van der Waals surface area contributed by atoms with Crippen molar-refractivity contribution in [1.82, 2.24) is 25.6 Å². The second-order valence-corrected chi connectivity index (χ2v) is 5.62. The fraction of sp³-hybridized carbons (Fsp3) is 0.588. The van der Waals surface area contributed by atoms with E-state index < -0.39 is 0 Å². The average molecular weight is 332 g/mol. The standard InChI is InChI=1S/C17H28N6O/c1-4-14(5-2)16-12-15(24-22-16)13-20-17(18-6-3)19-9-11-23-10-7-8-21-23/h7-8,10,12,14H,4-6,9,11,13H2,1-3H3,(H2,18,19,20). The summed E-state index contributed by atoms with van der Waals surface area (Å²) in [5.74, 6) is 2.03. The Kier molecular flexibility index (Phi) is 7.32. The third-order valence-corrected chi connectivity index (χ3v) is 3.91. The van der Waals surface area contributed by atoms with Crippen molar-refractivity contribution >= 4 is 5.96 Å². The van der Waals surface area contributed by atoms with Gasteiger partial charge >= 0.3 is 0 Å². The second kappa shape index (κ2) is 9.75. The highest BCUT2D eigenvalue weighted by molar-refractivity contribution is 5.79. The summed E-state index contributed by atoms with van der Waals surface area (Å²) >= 11 is 0. The number of nitrogens with one attached hydrogen (secondary N) is 2. The van der Waals surface area contributed by atoms with E-state index in [0.29, 0.717) is 12.5 Å². The van der Waals surface area contributed by atoms with Gasteiger partial charge in [-0.15, -0.1) is 0 Å². The van der Waals surface area contributed by atoms with E-state index in [2.05, 4.69) is 39.7 Å². The van der Waals surface area contributed by atoms with Gasteiger partial charge in [-0.1, -0.05) is 19.0 Å². The number of aliphatic imine (C=N–C) groups is 1. The maximum atomic E-state index is 5.41. The van der Waals surface area contributed by atoms with Gasteiger partial charge in [0.25, 0.3) is 0 Å². The molecule has 0 bridgehead atoms. The predicted octanol–water partition coefficient (Wildman–Crippen LogP) is 2.53. The third-order valence-electron chi connectivity index (χ3n) is 3.91. The molecule has 0 saturated heterocycles. The van der Waals surface area contributed by atoms with Crippen LogP contribution in [-0.4, -0.2) is 34.0 Å². The van der Waals surface area contributed by atoms with E-state index in [1.54, 1.807) is 6.20 Å². The molecule has 7 heteroatoms. The summed E-state index contributed by atoms with van der Waals surface area (Å²) in [6, 6.07) is 3.94. The number of aromatic nitrogens is 3. The van der Waals surface area contributed by atoms with E-state index in [4.69, 9.17) is 4.52 Å². The third kappa shape index (κ3) is 5.40. The van der Waals surface area contributed by atoms with E-state index >= 15 is 0 Å². The molecule has 2 aromatic heterocycles. The Balaban J connectivity index is 1.87. The normalized spacial score (nSPS) is 11.9. The van der Waals surface area contributed by atoms with Gasteiger partial charge < -0.3 is 15.2 Å². The molecule has 2 aromatic rings. The first-order chi connectivity index (χ1) is 11.8. The fourth-order valence-electron chi connectivity index (χ4n) is 2.52. The molecule has 0 aliphatic carbocycles. The van der Waals surface area contributed by atoms with Gasteiger partial charge in [-0.05, 0) is 25.8 Å². The Bertz CT molecular complexity index is 600. The second-order valence-electron chi connectivity index (χ2n) is 5.62. The van der Waals surface area contributed by atoms with Crippen molar-refractivity contribution in [1.29, 1.82) is 0 Å². The minimum Gasteiger partial charge on any atom is -0.359 e. The Hall–Kier alpha value is -2.31. The molecule has 0 saturated carbocycles. The largest absolute Gasteiger partial charge is 0.359 e. The first-order valence-electron chi connectivity index (χ1n) is 8.71. The van der Waals surface area contributed by atoms with Crippen LogP contribution >= 0.6 is 0 Å². The topological polar surface area (TPSA) is 80.3 Å². The van der Waals surface area contributed by atoms with Crippen LogP contribution in [0.25, 0.3) is 0 Å². The van der Waals surface area contributed by atoms with Gasteiger partial charge in [0.05, 0.1) is 12.2 Å². The van der Waals surface area contributed by atoms with Gasteiger partial charge in [-0.3, -0.25) is 4.68 Å². The molecule has 2 heterocycles. The average Bonchev–Trinajstić information content (AvgIpc) is 3.26. The molecule has 0 fully saturated rings. The lowest BCUT2D eigenvalue weighted by Crippen LogP contribution is -2.38. The molecular weight excluding hydrogens is 304 g/mol. The van der Waals surface area contributed by atoms with Crippen LogP contribution in [0.15, 0.2) is 34.0 Å². The fourth-order valence-corrected chi connectivity index (χ4v) is 2.52. The Morgan fingerprint density at radius 2 is 2.12 bits per heavy atom. The summed E-state index contributed by atoms with van der Waals surface area (Å²) < 4.78 is 7.30. The molecule has 0 spiro atoms. The molecule has 132 valence electrons. The van der Waals surface area contributed by atoms with Crippen molar-refractivity contribution in [3.8, 4) is 0 Å². The molecule has 0 aliphatic heterocycles. The van der Waals surface area contributed by atoms with E-state index in [9.17, 15) is 0 Å². The first-order valence-corrected chi connectivity index (χ1v) is 8.71. The van der Waals surface area contributed by atoms with Crippen LogP contribution in [0.2, 0.25) is 0 Å². The summed E-state index contributed by atoms with van der Waals surface area (Å²) in [7, 11) is 0. The van der Waals surface area contributed by atoms with Crippen molar-refractivity contribution < 1.29 is 4.52 Å². The molecule has 7 nitrogen and oxygen atoms in total. The number of guanidine groups is 1. The van der Waals surface area contributed by atoms with Crippen LogP contribution in [0.1, 0.15) is 51.0 Å². The van der Waals surface area contributed by atoms with Crippen LogP contribution in [0.3, 0.4) is 0 Å². The monoisotopic (exact) mass is 332 g/mol. The highest BCUT2D eigenvalue weighted by atomic mass is 16.5. The molecule has 2 rings (SSSR count). The SMILES string of the molecule is CCNC(=NCc1cc(C(CC)CC)no1)NCCn1cccn1. The Morgan fingerprint density at radius 3 is 2.79 bits per heavy atom. The van der Waals surface area contributed by atoms with Crippen LogP contribution < -0.4 is 10.6 Å². The summed E-state index contributed by atoms with van der Waals surface area (Å²) in [5.41, 5.74) is 1.03. The van der Waals surface area contributed by atoms with Crippen molar-refractivity contribution in [2.45, 2.75) is 52.6 Å². The van der Waals surface area contributed by atoms with Crippen LogP contribution in [-0.2, 0) is 13.1 Å². The lowest BCUT2D eigenvalue weighted by molar-refractivity contribution is 0.372. The number of nitrogens with zero attached hydrogens (tertiary/aromatic N) is 4. The van der Waals surface area contributed by atoms with E-state index in [0.717, 1.165) is 49.9 Å². The van der Waals surface area contributed by atoms with E-state index in [1.807, 2.05) is 29.9 Å². The zero-order valence-electron chi connectivity index (χ0n) is 14.8. The van der Waals surface area contributed by atoms with Crippen molar-refractivity contribution in [2.24, 2.45) is 4.99 Å². The van der Waals surface area contributed by atoms with Gasteiger partial charge in [0, 0.05) is 37.5 Å². The van der Waals surface area contributed by atoms with E-state index in [1.165, 1.54) is 0 Å². The molecule has 0 atom stereocenters. The van der Waals surface area contributed by atoms with Crippen molar-refractivity contribution in [3.05, 3.63) is 36.0 Å². The lowest BCUT2D eigenvalue weighted by Gasteiger charge is -2.10. The molecule has 0 amide bonds. The molecular formula is C17H28N6O. The Morgan fingerprint density at radius 1 is 1.29 bits per heavy atom. The highest BCUT2D eigenvalue weighted by Gasteiger charge is 2.12. The Labute approximate surface area is 143 Å². The molecule has 0 aliphatic rings. The highest BCUT2D eigenvalue weighted by Crippen LogP contribution is 2.22. The number of rotatable bonds is 9. The summed E-state index contributed by atoms with van der Waals surface area (Å²) in [4.78, 5) is 4.56. The quantitative estimate of drug-likeness (QED) is 0.545. The first kappa shape index (κ1) is 18.0. The number of hydrogen-bond donors (Lipinski definition) is 2. The maximum absolute atomic E-state index is 5.41. The zero-order chi connectivity index (χ0) is 17.2. The number of hydrogen-bond acceptors (Lipinski definition) is 4. The minimum atomic E-state index is 0.465. The van der Waals surface area contributed by atoms with Gasteiger partial charge in [0.15, 0.2) is 11.7 Å². The molecule has 24 heavy (non-hydrogen) atoms. The van der Waals surface area contributed by atoms with Crippen molar-refractivity contribution in [3.63, 3.8) is 0 Å². The van der Waals surface area contributed by atoms with Gasteiger partial charge in [-0.2, -0.15) is 5.10 Å². The van der Waals surface area contributed by atoms with Crippen LogP contribution in [0.5, 0.6) is 0 Å². The molecule has 0 radical (unpaired) electrons. The lowest BCUT2D eigenvalue weighted by atomic mass is 9.99. The molecule has 2 N–H and O–H groups in total. The van der Waals surface area contributed by atoms with Crippen molar-refractivity contribution in [2.75, 3.05) is 13.1 Å². The summed E-state index contributed by atoms with van der Waals surface area (Å²) in [6.45, 7) is 9.22. The van der Waals surface area contributed by atoms with E-state index in [-0.39, 0.29) is 0 Å². The van der Waals surface area contributed by atoms with Gasteiger partial charge in [0.2, 0.25) is 0 Å². The van der Waals surface area contributed by atoms with Crippen LogP contribution in [0.4, 0.5) is 0 Å². The maximum Gasteiger partial charge on any atom is 0.191 e.